The van der Waals surface area contributed by atoms with Crippen molar-refractivity contribution >= 4 is 21.6 Å². The Morgan fingerprint density at radius 1 is 1.37 bits per heavy atom. The van der Waals surface area contributed by atoms with E-state index in [1.54, 1.807) is 0 Å². The highest BCUT2D eigenvalue weighted by molar-refractivity contribution is 7.91. The number of rotatable bonds is 2. The van der Waals surface area contributed by atoms with Crippen LogP contribution in [0, 0.1) is 11.6 Å². The van der Waals surface area contributed by atoms with E-state index >= 15 is 0 Å². The molecule has 0 radical (unpaired) electrons. The topological polar surface area (TPSA) is 66.5 Å². The summed E-state index contributed by atoms with van der Waals surface area (Å²) in [5, 5.41) is 1.61. The van der Waals surface area contributed by atoms with E-state index in [0.717, 1.165) is 12.3 Å². The summed E-state index contributed by atoms with van der Waals surface area (Å²) >= 11 is 0. The van der Waals surface area contributed by atoms with E-state index in [1.165, 1.54) is 17.0 Å². The molecule has 0 aliphatic carbocycles. The lowest BCUT2D eigenvalue weighted by Gasteiger charge is -2.37. The van der Waals surface area contributed by atoms with Gasteiger partial charge in [0.15, 0.2) is 21.5 Å². The molecular formula is C11H12F2N2O3S. The number of nitrogens with zero attached hydrogens (tertiary/aromatic N) is 1. The van der Waals surface area contributed by atoms with Crippen LogP contribution in [0.4, 0.5) is 19.3 Å². The molecule has 1 heterocycles. The predicted molar refractivity (Wildman–Crippen MR) is 65.6 cm³/mol. The Kier molecular flexibility index (Phi) is 3.44. The van der Waals surface area contributed by atoms with E-state index in [9.17, 15) is 22.0 Å². The molecule has 0 atom stereocenters. The molecule has 5 nitrogen and oxygen atoms in total. The van der Waals surface area contributed by atoms with Crippen molar-refractivity contribution in [3.05, 3.63) is 29.8 Å². The second-order valence-electron chi connectivity index (χ2n) is 4.39. The van der Waals surface area contributed by atoms with Crippen LogP contribution in [-0.4, -0.2) is 43.9 Å². The number of sulfone groups is 1. The number of carbonyl (C=O) groups excluding carboxylic acids is 1. The van der Waals surface area contributed by atoms with Gasteiger partial charge in [0, 0.05) is 19.3 Å². The largest absolute Gasteiger partial charge is 0.322 e. The molecule has 0 saturated carbocycles. The summed E-state index contributed by atoms with van der Waals surface area (Å²) in [6.45, 7) is 0.114. The Balaban J connectivity index is 1.99. The molecule has 1 saturated heterocycles. The number of hydrogen-bond acceptors (Lipinski definition) is 3. The van der Waals surface area contributed by atoms with Crippen LogP contribution in [0.2, 0.25) is 0 Å². The maximum Gasteiger partial charge on any atom is 0.322 e. The minimum absolute atomic E-state index is 0.0571. The third-order valence-electron chi connectivity index (χ3n) is 2.93. The van der Waals surface area contributed by atoms with Crippen LogP contribution in [-0.2, 0) is 9.84 Å². The molecule has 0 spiro atoms. The number of likely N-dealkylation sites (tertiary alicyclic amines) is 1. The van der Waals surface area contributed by atoms with Crippen LogP contribution in [0.3, 0.4) is 0 Å². The monoisotopic (exact) mass is 290 g/mol. The lowest BCUT2D eigenvalue weighted by Crippen LogP contribution is -2.57. The fourth-order valence-corrected chi connectivity index (χ4v) is 2.57. The average molecular weight is 290 g/mol. The van der Waals surface area contributed by atoms with Crippen molar-refractivity contribution in [1.82, 2.24) is 4.90 Å². The maximum atomic E-state index is 13.3. The highest BCUT2D eigenvalue weighted by atomic mass is 32.2. The van der Waals surface area contributed by atoms with E-state index < -0.39 is 32.8 Å². The van der Waals surface area contributed by atoms with E-state index in [2.05, 4.69) is 5.32 Å². The van der Waals surface area contributed by atoms with E-state index in [-0.39, 0.29) is 18.8 Å². The van der Waals surface area contributed by atoms with Gasteiger partial charge in [0.1, 0.15) is 0 Å². The predicted octanol–water partition coefficient (Wildman–Crippen LogP) is 1.23. The first kappa shape index (κ1) is 13.7. The van der Waals surface area contributed by atoms with Crippen LogP contribution < -0.4 is 5.32 Å². The quantitative estimate of drug-likeness (QED) is 0.890. The average Bonchev–Trinajstić information content (AvgIpc) is 2.20. The molecule has 104 valence electrons. The number of nitrogens with one attached hydrogen (secondary N) is 1. The molecule has 0 unspecified atom stereocenters. The molecule has 2 amide bonds. The fourth-order valence-electron chi connectivity index (χ4n) is 1.67. The number of anilines is 1. The Morgan fingerprint density at radius 3 is 2.58 bits per heavy atom. The zero-order valence-corrected chi connectivity index (χ0v) is 10.9. The SMILES string of the molecule is CS(=O)(=O)C1CN(C(=O)Nc2cccc(F)c2F)C1. The Hall–Kier alpha value is -1.70. The fraction of sp³-hybridized carbons (Fsp3) is 0.364. The molecule has 1 fully saturated rings. The normalized spacial score (nSPS) is 16.1. The highest BCUT2D eigenvalue weighted by Gasteiger charge is 2.37. The number of benzene rings is 1. The number of amides is 2. The van der Waals surface area contributed by atoms with Gasteiger partial charge in [-0.15, -0.1) is 0 Å². The summed E-state index contributed by atoms with van der Waals surface area (Å²) in [5.41, 5.74) is -0.271. The molecule has 0 aromatic heterocycles. The number of hydrogen-bond donors (Lipinski definition) is 1. The summed E-state index contributed by atoms with van der Waals surface area (Å²) in [6, 6.07) is 2.78. The molecular weight excluding hydrogens is 278 g/mol. The van der Waals surface area contributed by atoms with Crippen molar-refractivity contribution in [2.45, 2.75) is 5.25 Å². The van der Waals surface area contributed by atoms with Crippen LogP contribution in [0.25, 0.3) is 0 Å². The van der Waals surface area contributed by atoms with Crippen molar-refractivity contribution in [2.24, 2.45) is 0 Å². The molecule has 0 bridgehead atoms. The third-order valence-corrected chi connectivity index (χ3v) is 4.44. The smallest absolute Gasteiger partial charge is 0.322 e. The number of carbonyl (C=O) groups is 1. The van der Waals surface area contributed by atoms with Crippen LogP contribution in [0.15, 0.2) is 18.2 Å². The second-order valence-corrected chi connectivity index (χ2v) is 6.71. The molecule has 1 aliphatic heterocycles. The van der Waals surface area contributed by atoms with Crippen molar-refractivity contribution in [3.63, 3.8) is 0 Å². The lowest BCUT2D eigenvalue weighted by molar-refractivity contribution is 0.182. The van der Waals surface area contributed by atoms with Crippen molar-refractivity contribution in [3.8, 4) is 0 Å². The van der Waals surface area contributed by atoms with Gasteiger partial charge in [0.2, 0.25) is 0 Å². The van der Waals surface area contributed by atoms with E-state index in [1.807, 2.05) is 0 Å². The number of halogens is 2. The molecule has 19 heavy (non-hydrogen) atoms. The molecule has 1 aromatic rings. The van der Waals surface area contributed by atoms with Gasteiger partial charge >= 0.3 is 6.03 Å². The Bertz CT molecular complexity index is 612. The molecule has 1 aliphatic rings. The summed E-state index contributed by atoms with van der Waals surface area (Å²) in [7, 11) is -3.18. The van der Waals surface area contributed by atoms with Gasteiger partial charge in [0.05, 0.1) is 10.9 Å². The number of urea groups is 1. The summed E-state index contributed by atoms with van der Waals surface area (Å²) in [5.74, 6) is -2.20. The first-order valence-electron chi connectivity index (χ1n) is 5.48. The van der Waals surface area contributed by atoms with Gasteiger partial charge in [0.25, 0.3) is 0 Å². The summed E-state index contributed by atoms with van der Waals surface area (Å²) in [6.07, 6.45) is 1.10. The lowest BCUT2D eigenvalue weighted by atomic mass is 10.2. The standard InChI is InChI=1S/C11H12F2N2O3S/c1-19(17,18)7-5-15(6-7)11(16)14-9-4-2-3-8(12)10(9)13/h2-4,7H,5-6H2,1H3,(H,14,16). The van der Waals surface area contributed by atoms with Gasteiger partial charge in [-0.1, -0.05) is 6.07 Å². The van der Waals surface area contributed by atoms with Crippen molar-refractivity contribution in [2.75, 3.05) is 24.7 Å². The second kappa shape index (κ2) is 4.76. The molecule has 1 aromatic carbocycles. The zero-order valence-electron chi connectivity index (χ0n) is 10.1. The first-order valence-corrected chi connectivity index (χ1v) is 7.43. The minimum atomic E-state index is -3.18. The van der Waals surface area contributed by atoms with Gasteiger partial charge in [-0.2, -0.15) is 0 Å². The summed E-state index contributed by atoms with van der Waals surface area (Å²) < 4.78 is 48.6. The van der Waals surface area contributed by atoms with Crippen LogP contribution in [0.1, 0.15) is 0 Å². The van der Waals surface area contributed by atoms with Gasteiger partial charge in [-0.25, -0.2) is 22.0 Å². The highest BCUT2D eigenvalue weighted by Crippen LogP contribution is 2.20. The van der Waals surface area contributed by atoms with Crippen molar-refractivity contribution < 1.29 is 22.0 Å². The van der Waals surface area contributed by atoms with Crippen molar-refractivity contribution in [1.29, 1.82) is 0 Å². The zero-order chi connectivity index (χ0) is 14.2. The van der Waals surface area contributed by atoms with E-state index in [4.69, 9.17) is 0 Å². The molecule has 1 N–H and O–H groups in total. The molecule has 2 rings (SSSR count). The molecule has 8 heteroatoms. The van der Waals surface area contributed by atoms with Crippen LogP contribution >= 0.6 is 0 Å². The first-order chi connectivity index (χ1) is 8.79. The third kappa shape index (κ3) is 2.83. The maximum absolute atomic E-state index is 13.3. The Labute approximate surface area is 109 Å². The Morgan fingerprint density at radius 2 is 2.00 bits per heavy atom. The van der Waals surface area contributed by atoms with Gasteiger partial charge in [-0.3, -0.25) is 0 Å². The van der Waals surface area contributed by atoms with Gasteiger partial charge in [-0.05, 0) is 12.1 Å². The summed E-state index contributed by atoms with van der Waals surface area (Å²) in [4.78, 5) is 12.9. The van der Waals surface area contributed by atoms with E-state index in [0.29, 0.717) is 0 Å². The van der Waals surface area contributed by atoms with Crippen LogP contribution in [0.5, 0.6) is 0 Å². The van der Waals surface area contributed by atoms with Gasteiger partial charge < -0.3 is 10.2 Å². The minimum Gasteiger partial charge on any atom is -0.322 e.